The number of para-hydroxylation sites is 1. The molecular formula is C25H30GeN2O. The van der Waals surface area contributed by atoms with E-state index in [9.17, 15) is 0 Å². The molecule has 29 heavy (non-hydrogen) atoms. The first-order chi connectivity index (χ1) is 13.5. The molecule has 0 unspecified atom stereocenters. The third kappa shape index (κ3) is 3.98. The van der Waals surface area contributed by atoms with E-state index in [0.717, 1.165) is 39.7 Å². The van der Waals surface area contributed by atoms with Gasteiger partial charge in [-0.3, -0.25) is 0 Å². The molecule has 0 N–H and O–H groups in total. The fourth-order valence-electron chi connectivity index (χ4n) is 4.01. The molecule has 3 heterocycles. The van der Waals surface area contributed by atoms with Crippen LogP contribution in [0.1, 0.15) is 32.0 Å². The number of rotatable bonds is 3. The summed E-state index contributed by atoms with van der Waals surface area (Å²) in [6, 6.07) is 12.7. The quantitative estimate of drug-likeness (QED) is 0.338. The van der Waals surface area contributed by atoms with Gasteiger partial charge in [0, 0.05) is 0 Å². The molecule has 0 saturated carbocycles. The molecule has 0 aliphatic rings. The minimum absolute atomic E-state index is 0.230. The third-order valence-electron chi connectivity index (χ3n) is 5.30. The van der Waals surface area contributed by atoms with Crippen LogP contribution in [0.4, 0.5) is 0 Å². The molecule has 0 atom stereocenters. The van der Waals surface area contributed by atoms with E-state index in [1.54, 1.807) is 0 Å². The van der Waals surface area contributed by atoms with Gasteiger partial charge in [-0.25, -0.2) is 0 Å². The van der Waals surface area contributed by atoms with Crippen molar-refractivity contribution in [1.29, 1.82) is 0 Å². The molecule has 0 amide bonds. The van der Waals surface area contributed by atoms with Gasteiger partial charge in [-0.05, 0) is 0 Å². The van der Waals surface area contributed by atoms with E-state index in [2.05, 4.69) is 79.6 Å². The second-order valence-electron chi connectivity index (χ2n) is 10.3. The summed E-state index contributed by atoms with van der Waals surface area (Å²) in [6.45, 7) is 8.91. The van der Waals surface area contributed by atoms with E-state index in [-0.39, 0.29) is 5.41 Å². The van der Waals surface area contributed by atoms with Gasteiger partial charge in [0.1, 0.15) is 0 Å². The van der Waals surface area contributed by atoms with Crippen molar-refractivity contribution < 1.29 is 4.42 Å². The van der Waals surface area contributed by atoms with Crippen LogP contribution in [0.15, 0.2) is 47.0 Å². The van der Waals surface area contributed by atoms with Crippen LogP contribution >= 0.6 is 0 Å². The van der Waals surface area contributed by atoms with Crippen LogP contribution in [-0.4, -0.2) is 23.2 Å². The molecule has 0 fully saturated rings. The monoisotopic (exact) mass is 448 g/mol. The number of pyridine rings is 2. The molecule has 4 heteroatoms. The summed E-state index contributed by atoms with van der Waals surface area (Å²) in [5, 5.41) is 2.16. The Morgan fingerprint density at radius 3 is 2.45 bits per heavy atom. The SMILES string of the molecule is Cc1ccc2c(n1)oc1c(-c3cc(CC(C)(C)C)[c]([Ge]([CH3])([CH3])[CH3])cn3)cccc12. The summed E-state index contributed by atoms with van der Waals surface area (Å²) < 4.78 is 7.72. The van der Waals surface area contributed by atoms with E-state index >= 15 is 0 Å². The Hall–Kier alpha value is -2.14. The van der Waals surface area contributed by atoms with Gasteiger partial charge in [-0.15, -0.1) is 0 Å². The number of hydrogen-bond donors (Lipinski definition) is 0. The molecule has 4 rings (SSSR count). The summed E-state index contributed by atoms with van der Waals surface area (Å²) in [5.41, 5.74) is 6.24. The van der Waals surface area contributed by atoms with Crippen LogP contribution in [0.3, 0.4) is 0 Å². The maximum absolute atomic E-state index is 6.22. The zero-order valence-electron chi connectivity index (χ0n) is 18.6. The van der Waals surface area contributed by atoms with Crippen molar-refractivity contribution in [2.45, 2.75) is 51.4 Å². The van der Waals surface area contributed by atoms with Crippen LogP contribution in [-0.2, 0) is 6.42 Å². The number of furan rings is 1. The zero-order chi connectivity index (χ0) is 21.0. The van der Waals surface area contributed by atoms with Crippen LogP contribution in [0.5, 0.6) is 0 Å². The molecule has 3 nitrogen and oxygen atoms in total. The summed E-state index contributed by atoms with van der Waals surface area (Å²) in [7, 11) is 0. The van der Waals surface area contributed by atoms with E-state index in [1.807, 2.05) is 13.0 Å². The summed E-state index contributed by atoms with van der Waals surface area (Å²) >= 11 is -2.02. The van der Waals surface area contributed by atoms with Crippen LogP contribution < -0.4 is 4.40 Å². The Kier molecular flexibility index (Phi) is 4.85. The Morgan fingerprint density at radius 2 is 1.76 bits per heavy atom. The van der Waals surface area contributed by atoms with Crippen LogP contribution in [0.25, 0.3) is 33.3 Å². The Bertz CT molecular complexity index is 1210. The predicted molar refractivity (Wildman–Crippen MR) is 126 cm³/mol. The number of nitrogens with zero attached hydrogens (tertiary/aromatic N) is 2. The van der Waals surface area contributed by atoms with Crippen molar-refractivity contribution >= 4 is 39.7 Å². The second-order valence-corrected chi connectivity index (χ2v) is 20.9. The number of hydrogen-bond acceptors (Lipinski definition) is 3. The van der Waals surface area contributed by atoms with Gasteiger partial charge in [0.05, 0.1) is 0 Å². The van der Waals surface area contributed by atoms with Crippen molar-refractivity contribution in [2.24, 2.45) is 5.41 Å². The first-order valence-corrected chi connectivity index (χ1v) is 17.7. The molecular weight excluding hydrogens is 417 g/mol. The van der Waals surface area contributed by atoms with Crippen molar-refractivity contribution in [1.82, 2.24) is 9.97 Å². The molecule has 0 radical (unpaired) electrons. The second kappa shape index (κ2) is 6.98. The van der Waals surface area contributed by atoms with Gasteiger partial charge in [0.25, 0.3) is 0 Å². The summed E-state index contributed by atoms with van der Waals surface area (Å²) in [4.78, 5) is 9.49. The number of benzene rings is 1. The normalized spacial score (nSPS) is 12.8. The molecule has 4 aromatic rings. The van der Waals surface area contributed by atoms with E-state index in [4.69, 9.17) is 9.40 Å². The molecule has 3 aromatic heterocycles. The molecule has 0 aliphatic carbocycles. The first-order valence-electron chi connectivity index (χ1n) is 10.3. The maximum atomic E-state index is 6.22. The van der Waals surface area contributed by atoms with Crippen molar-refractivity contribution in [3.63, 3.8) is 0 Å². The average Bonchev–Trinajstić information content (AvgIpc) is 2.96. The van der Waals surface area contributed by atoms with E-state index < -0.39 is 13.3 Å². The zero-order valence-corrected chi connectivity index (χ0v) is 20.6. The topological polar surface area (TPSA) is 38.9 Å². The van der Waals surface area contributed by atoms with Gasteiger partial charge >= 0.3 is 176 Å². The third-order valence-corrected chi connectivity index (χ3v) is 9.63. The standard InChI is InChI=1S/C25H30GeN2O/c1-16-11-12-19-18-9-8-10-20(23(18)29-24(19)28-16)22-13-17(14-25(2,3)4)21(15-27-22)26(5,6)7/h8-13,15H,14H2,1-7H3. The number of aromatic nitrogens is 2. The molecule has 150 valence electrons. The molecule has 0 saturated heterocycles. The van der Waals surface area contributed by atoms with Gasteiger partial charge in [0.15, 0.2) is 0 Å². The van der Waals surface area contributed by atoms with Crippen molar-refractivity contribution in [3.05, 3.63) is 53.9 Å². The molecule has 0 bridgehead atoms. The summed E-state index contributed by atoms with van der Waals surface area (Å²) in [6.07, 6.45) is 3.19. The van der Waals surface area contributed by atoms with Crippen molar-refractivity contribution in [3.8, 4) is 11.3 Å². The fourth-order valence-corrected chi connectivity index (χ4v) is 7.32. The molecule has 1 aromatic carbocycles. The molecule has 0 aliphatic heterocycles. The van der Waals surface area contributed by atoms with Gasteiger partial charge in [0.2, 0.25) is 0 Å². The van der Waals surface area contributed by atoms with E-state index in [1.165, 1.54) is 9.96 Å². The van der Waals surface area contributed by atoms with E-state index in [0.29, 0.717) is 5.71 Å². The van der Waals surface area contributed by atoms with Crippen LogP contribution in [0.2, 0.25) is 17.3 Å². The summed E-state index contributed by atoms with van der Waals surface area (Å²) in [5.74, 6) is 7.32. The Balaban J connectivity index is 1.94. The number of fused-ring (bicyclic) bond motifs is 3. The van der Waals surface area contributed by atoms with Gasteiger partial charge in [-0.1, -0.05) is 0 Å². The molecule has 0 spiro atoms. The predicted octanol–water partition coefficient (Wildman–Crippen LogP) is 6.49. The first kappa shape index (κ1) is 20.1. The van der Waals surface area contributed by atoms with Crippen molar-refractivity contribution in [2.75, 3.05) is 0 Å². The number of aryl methyl sites for hydroxylation is 1. The average molecular weight is 447 g/mol. The Morgan fingerprint density at radius 1 is 1.00 bits per heavy atom. The van der Waals surface area contributed by atoms with Gasteiger partial charge in [-0.2, -0.15) is 0 Å². The van der Waals surface area contributed by atoms with Gasteiger partial charge < -0.3 is 0 Å². The minimum atomic E-state index is -2.02. The fraction of sp³-hybridized carbons (Fsp3) is 0.360. The van der Waals surface area contributed by atoms with Crippen LogP contribution in [0, 0.1) is 12.3 Å². The Labute approximate surface area is 175 Å².